The number of halogens is 3. The molecule has 0 radical (unpaired) electrons. The second kappa shape index (κ2) is 6.46. The van der Waals surface area contributed by atoms with E-state index >= 15 is 0 Å². The summed E-state index contributed by atoms with van der Waals surface area (Å²) in [5, 5.41) is 8.79. The monoisotopic (exact) mass is 250 g/mol. The standard InChI is InChI=1S/C11H13F3O3/c12-11(13,14)17-8-7-16-10-4-2-1-3-9(10)5-6-15/h1-4,15H,5-8H2. The Morgan fingerprint density at radius 2 is 1.82 bits per heavy atom. The summed E-state index contributed by atoms with van der Waals surface area (Å²) in [5.41, 5.74) is 0.752. The topological polar surface area (TPSA) is 38.7 Å². The van der Waals surface area contributed by atoms with Crippen LogP contribution >= 0.6 is 0 Å². The smallest absolute Gasteiger partial charge is 0.491 e. The third-order valence-electron chi connectivity index (χ3n) is 1.96. The van der Waals surface area contributed by atoms with E-state index in [9.17, 15) is 13.2 Å². The number of para-hydroxylation sites is 1. The molecule has 0 unspecified atom stereocenters. The van der Waals surface area contributed by atoms with Gasteiger partial charge in [-0.3, -0.25) is 4.74 Å². The Morgan fingerprint density at radius 1 is 1.12 bits per heavy atom. The van der Waals surface area contributed by atoms with Crippen LogP contribution in [-0.2, 0) is 11.2 Å². The van der Waals surface area contributed by atoms with E-state index in [0.717, 1.165) is 5.56 Å². The highest BCUT2D eigenvalue weighted by Crippen LogP contribution is 2.19. The molecular formula is C11H13F3O3. The van der Waals surface area contributed by atoms with Crippen LogP contribution in [0.3, 0.4) is 0 Å². The molecule has 0 atom stereocenters. The lowest BCUT2D eigenvalue weighted by Crippen LogP contribution is -2.18. The molecule has 1 aromatic carbocycles. The first-order chi connectivity index (χ1) is 8.03. The van der Waals surface area contributed by atoms with Crippen molar-refractivity contribution >= 4 is 0 Å². The van der Waals surface area contributed by atoms with Gasteiger partial charge < -0.3 is 9.84 Å². The molecule has 0 spiro atoms. The molecule has 1 N–H and O–H groups in total. The molecule has 0 amide bonds. The van der Waals surface area contributed by atoms with E-state index in [1.807, 2.05) is 0 Å². The van der Waals surface area contributed by atoms with Gasteiger partial charge in [0.1, 0.15) is 12.4 Å². The molecule has 0 bridgehead atoms. The maximum Gasteiger partial charge on any atom is 0.522 e. The molecule has 0 aliphatic carbocycles. The molecule has 1 rings (SSSR count). The predicted octanol–water partition coefficient (Wildman–Crippen LogP) is 2.14. The van der Waals surface area contributed by atoms with Gasteiger partial charge in [-0.05, 0) is 18.1 Å². The summed E-state index contributed by atoms with van der Waals surface area (Å²) in [6.45, 7) is -0.793. The van der Waals surface area contributed by atoms with Crippen LogP contribution in [-0.4, -0.2) is 31.3 Å². The van der Waals surface area contributed by atoms with Crippen LogP contribution in [0.15, 0.2) is 24.3 Å². The first-order valence-electron chi connectivity index (χ1n) is 5.05. The number of benzene rings is 1. The van der Waals surface area contributed by atoms with E-state index in [-0.39, 0.29) is 13.2 Å². The average molecular weight is 250 g/mol. The number of aliphatic hydroxyl groups excluding tert-OH is 1. The fraction of sp³-hybridized carbons (Fsp3) is 0.455. The molecule has 17 heavy (non-hydrogen) atoms. The van der Waals surface area contributed by atoms with Crippen molar-refractivity contribution < 1.29 is 27.8 Å². The van der Waals surface area contributed by atoms with Crippen LogP contribution in [0.1, 0.15) is 5.56 Å². The van der Waals surface area contributed by atoms with Crippen molar-refractivity contribution in [2.75, 3.05) is 19.8 Å². The number of hydrogen-bond acceptors (Lipinski definition) is 3. The summed E-state index contributed by atoms with van der Waals surface area (Å²) in [6.07, 6.45) is -4.23. The Kier molecular flexibility index (Phi) is 5.24. The van der Waals surface area contributed by atoms with Crippen molar-refractivity contribution in [1.82, 2.24) is 0 Å². The molecule has 6 heteroatoms. The van der Waals surface area contributed by atoms with Gasteiger partial charge in [0.25, 0.3) is 0 Å². The van der Waals surface area contributed by atoms with Crippen molar-refractivity contribution in [3.63, 3.8) is 0 Å². The minimum Gasteiger partial charge on any atom is -0.491 e. The maximum absolute atomic E-state index is 11.7. The van der Waals surface area contributed by atoms with Crippen molar-refractivity contribution in [3.05, 3.63) is 29.8 Å². The fourth-order valence-corrected chi connectivity index (χ4v) is 1.28. The van der Waals surface area contributed by atoms with Crippen LogP contribution in [0.4, 0.5) is 13.2 Å². The molecule has 0 aliphatic heterocycles. The quantitative estimate of drug-likeness (QED) is 0.786. The van der Waals surface area contributed by atoms with E-state index in [1.165, 1.54) is 0 Å². The highest BCUT2D eigenvalue weighted by molar-refractivity contribution is 5.33. The lowest BCUT2D eigenvalue weighted by Gasteiger charge is -2.11. The maximum atomic E-state index is 11.7. The minimum atomic E-state index is -4.63. The third-order valence-corrected chi connectivity index (χ3v) is 1.96. The van der Waals surface area contributed by atoms with Gasteiger partial charge in [0.2, 0.25) is 0 Å². The normalized spacial score (nSPS) is 11.5. The largest absolute Gasteiger partial charge is 0.522 e. The van der Waals surface area contributed by atoms with E-state index in [1.54, 1.807) is 24.3 Å². The van der Waals surface area contributed by atoms with Crippen LogP contribution in [0, 0.1) is 0 Å². The molecule has 0 aliphatic rings. The molecule has 0 aromatic heterocycles. The highest BCUT2D eigenvalue weighted by Gasteiger charge is 2.28. The second-order valence-electron chi connectivity index (χ2n) is 3.22. The first-order valence-corrected chi connectivity index (χ1v) is 5.05. The summed E-state index contributed by atoms with van der Waals surface area (Å²) in [5.74, 6) is 0.465. The summed E-state index contributed by atoms with van der Waals surface area (Å²) in [6, 6.07) is 6.86. The molecule has 0 heterocycles. The molecule has 0 saturated carbocycles. The summed E-state index contributed by atoms with van der Waals surface area (Å²) in [4.78, 5) is 0. The Balaban J connectivity index is 2.41. The van der Waals surface area contributed by atoms with Gasteiger partial charge in [0.15, 0.2) is 0 Å². The predicted molar refractivity (Wildman–Crippen MR) is 54.7 cm³/mol. The van der Waals surface area contributed by atoms with E-state index in [4.69, 9.17) is 9.84 Å². The lowest BCUT2D eigenvalue weighted by molar-refractivity contribution is -0.325. The first kappa shape index (κ1) is 13.8. The Bertz CT molecular complexity index is 339. The highest BCUT2D eigenvalue weighted by atomic mass is 19.4. The number of aliphatic hydroxyl groups is 1. The second-order valence-corrected chi connectivity index (χ2v) is 3.22. The molecule has 3 nitrogen and oxygen atoms in total. The van der Waals surface area contributed by atoms with Crippen molar-refractivity contribution in [1.29, 1.82) is 0 Å². The van der Waals surface area contributed by atoms with Gasteiger partial charge in [-0.2, -0.15) is 0 Å². The van der Waals surface area contributed by atoms with E-state index < -0.39 is 13.0 Å². The van der Waals surface area contributed by atoms with E-state index in [0.29, 0.717) is 12.2 Å². The summed E-state index contributed by atoms with van der Waals surface area (Å²) in [7, 11) is 0. The number of hydrogen-bond donors (Lipinski definition) is 1. The molecule has 1 aromatic rings. The minimum absolute atomic E-state index is 0.0422. The van der Waals surface area contributed by atoms with Crippen LogP contribution < -0.4 is 4.74 Å². The number of alkyl halides is 3. The van der Waals surface area contributed by atoms with Gasteiger partial charge in [0.05, 0.1) is 6.61 Å². The molecule has 0 saturated heterocycles. The fourth-order valence-electron chi connectivity index (χ4n) is 1.28. The van der Waals surface area contributed by atoms with Gasteiger partial charge in [-0.1, -0.05) is 18.2 Å². The zero-order valence-corrected chi connectivity index (χ0v) is 9.04. The summed E-state index contributed by atoms with van der Waals surface area (Å²) < 4.78 is 43.7. The Hall–Kier alpha value is -1.27. The Labute approximate surface area is 96.8 Å². The van der Waals surface area contributed by atoms with Crippen LogP contribution in [0.2, 0.25) is 0 Å². The number of rotatable bonds is 6. The lowest BCUT2D eigenvalue weighted by atomic mass is 10.1. The van der Waals surface area contributed by atoms with Crippen LogP contribution in [0.25, 0.3) is 0 Å². The third kappa shape index (κ3) is 5.55. The van der Waals surface area contributed by atoms with E-state index in [2.05, 4.69) is 4.74 Å². The average Bonchev–Trinajstić information content (AvgIpc) is 2.25. The molecule has 96 valence electrons. The van der Waals surface area contributed by atoms with Gasteiger partial charge in [0, 0.05) is 6.61 Å². The zero-order valence-electron chi connectivity index (χ0n) is 9.04. The Morgan fingerprint density at radius 3 is 2.47 bits per heavy atom. The van der Waals surface area contributed by atoms with Gasteiger partial charge >= 0.3 is 6.36 Å². The van der Waals surface area contributed by atoms with Crippen molar-refractivity contribution in [2.24, 2.45) is 0 Å². The SMILES string of the molecule is OCCc1ccccc1OCCOC(F)(F)F. The van der Waals surface area contributed by atoms with Gasteiger partial charge in [-0.25, -0.2) is 0 Å². The van der Waals surface area contributed by atoms with Crippen LogP contribution in [0.5, 0.6) is 5.75 Å². The van der Waals surface area contributed by atoms with Crippen molar-refractivity contribution in [3.8, 4) is 5.75 Å². The molecular weight excluding hydrogens is 237 g/mol. The van der Waals surface area contributed by atoms with Gasteiger partial charge in [-0.15, -0.1) is 13.2 Å². The molecule has 0 fully saturated rings. The number of ether oxygens (including phenoxy) is 2. The zero-order chi connectivity index (χ0) is 12.7. The summed E-state index contributed by atoms with van der Waals surface area (Å²) >= 11 is 0. The van der Waals surface area contributed by atoms with Crippen molar-refractivity contribution in [2.45, 2.75) is 12.8 Å².